The van der Waals surface area contributed by atoms with Crippen LogP contribution in [0.3, 0.4) is 0 Å². The number of imidazole rings is 1. The fourth-order valence-corrected chi connectivity index (χ4v) is 2.98. The van der Waals surface area contributed by atoms with Crippen LogP contribution in [0.2, 0.25) is 5.02 Å². The molecule has 2 heterocycles. The van der Waals surface area contributed by atoms with Gasteiger partial charge < -0.3 is 14.2 Å². The molecule has 28 heavy (non-hydrogen) atoms. The summed E-state index contributed by atoms with van der Waals surface area (Å²) in [7, 11) is 6.23. The standard InChI is InChI=1S/C18H21ClN4O5/c1-21-14-15(22(2)18(25)23(3)16(14)24)20-17(21)28-9-5-8-27-13-7-6-11(26-4)10-12(13)19/h6-7,10H,5,8-9H2,1-4H3. The highest BCUT2D eigenvalue weighted by atomic mass is 35.5. The van der Waals surface area contributed by atoms with Crippen LogP contribution in [-0.4, -0.2) is 39.0 Å². The lowest BCUT2D eigenvalue weighted by atomic mass is 10.3. The Labute approximate surface area is 165 Å². The predicted octanol–water partition coefficient (Wildman–Crippen LogP) is 1.48. The Morgan fingerprint density at radius 2 is 1.75 bits per heavy atom. The molecule has 0 aliphatic heterocycles. The third-order valence-electron chi connectivity index (χ3n) is 4.35. The van der Waals surface area contributed by atoms with E-state index in [9.17, 15) is 9.59 Å². The van der Waals surface area contributed by atoms with Crippen molar-refractivity contribution in [2.75, 3.05) is 20.3 Å². The van der Waals surface area contributed by atoms with Gasteiger partial charge in [-0.15, -0.1) is 0 Å². The summed E-state index contributed by atoms with van der Waals surface area (Å²) in [6.45, 7) is 0.704. The van der Waals surface area contributed by atoms with Crippen molar-refractivity contribution in [2.24, 2.45) is 21.1 Å². The van der Waals surface area contributed by atoms with Gasteiger partial charge in [-0.25, -0.2) is 4.79 Å². The van der Waals surface area contributed by atoms with Crippen molar-refractivity contribution < 1.29 is 14.2 Å². The van der Waals surface area contributed by atoms with E-state index < -0.39 is 11.2 Å². The summed E-state index contributed by atoms with van der Waals surface area (Å²) < 4.78 is 20.3. The molecule has 9 nitrogen and oxygen atoms in total. The molecule has 0 amide bonds. The summed E-state index contributed by atoms with van der Waals surface area (Å²) in [6, 6.07) is 5.44. The molecule has 0 saturated heterocycles. The van der Waals surface area contributed by atoms with Gasteiger partial charge in [0.2, 0.25) is 0 Å². The van der Waals surface area contributed by atoms with Crippen LogP contribution < -0.4 is 25.5 Å². The highest BCUT2D eigenvalue weighted by Crippen LogP contribution is 2.28. The summed E-state index contributed by atoms with van der Waals surface area (Å²) in [6.07, 6.45) is 0.572. The third-order valence-corrected chi connectivity index (χ3v) is 4.65. The first-order chi connectivity index (χ1) is 13.3. The van der Waals surface area contributed by atoms with Crippen molar-refractivity contribution in [1.82, 2.24) is 18.7 Å². The quantitative estimate of drug-likeness (QED) is 0.550. The van der Waals surface area contributed by atoms with Crippen LogP contribution in [-0.2, 0) is 21.1 Å². The van der Waals surface area contributed by atoms with Gasteiger partial charge in [0.05, 0.1) is 25.3 Å². The number of hydrogen-bond donors (Lipinski definition) is 0. The normalized spacial score (nSPS) is 11.0. The molecule has 0 unspecified atom stereocenters. The van der Waals surface area contributed by atoms with Gasteiger partial charge in [0.15, 0.2) is 11.2 Å². The molecule has 0 aliphatic rings. The Balaban J connectivity index is 1.64. The van der Waals surface area contributed by atoms with Crippen molar-refractivity contribution in [2.45, 2.75) is 6.42 Å². The lowest BCUT2D eigenvalue weighted by Gasteiger charge is -2.10. The highest BCUT2D eigenvalue weighted by Gasteiger charge is 2.17. The Bertz CT molecular complexity index is 1130. The molecule has 150 valence electrons. The highest BCUT2D eigenvalue weighted by molar-refractivity contribution is 6.32. The molecule has 3 aromatic rings. The van der Waals surface area contributed by atoms with E-state index in [1.807, 2.05) is 0 Å². The molecule has 0 radical (unpaired) electrons. The molecule has 0 fully saturated rings. The predicted molar refractivity (Wildman–Crippen MR) is 105 cm³/mol. The van der Waals surface area contributed by atoms with Crippen LogP contribution >= 0.6 is 11.6 Å². The minimum atomic E-state index is -0.438. The maximum absolute atomic E-state index is 12.3. The summed E-state index contributed by atoms with van der Waals surface area (Å²) in [4.78, 5) is 28.6. The van der Waals surface area contributed by atoms with Gasteiger partial charge in [0.1, 0.15) is 11.5 Å². The number of hydrogen-bond acceptors (Lipinski definition) is 6. The van der Waals surface area contributed by atoms with E-state index in [1.54, 1.807) is 39.4 Å². The van der Waals surface area contributed by atoms with Gasteiger partial charge in [0.25, 0.3) is 11.6 Å². The van der Waals surface area contributed by atoms with Gasteiger partial charge in [-0.05, 0) is 12.1 Å². The van der Waals surface area contributed by atoms with E-state index in [2.05, 4.69) is 4.98 Å². The zero-order valence-corrected chi connectivity index (χ0v) is 16.8. The summed E-state index contributed by atoms with van der Waals surface area (Å²) in [5, 5.41) is 0.465. The van der Waals surface area contributed by atoms with E-state index in [0.29, 0.717) is 41.7 Å². The first-order valence-electron chi connectivity index (χ1n) is 8.56. The molecule has 1 aromatic carbocycles. The summed E-state index contributed by atoms with van der Waals surface area (Å²) in [5.41, 5.74) is -0.264. The molecule has 0 spiro atoms. The van der Waals surface area contributed by atoms with Crippen molar-refractivity contribution in [3.63, 3.8) is 0 Å². The third kappa shape index (κ3) is 3.57. The molecule has 0 N–H and O–H groups in total. The van der Waals surface area contributed by atoms with Crippen LogP contribution in [0.4, 0.5) is 0 Å². The zero-order valence-electron chi connectivity index (χ0n) is 16.1. The fourth-order valence-electron chi connectivity index (χ4n) is 2.76. The van der Waals surface area contributed by atoms with E-state index in [-0.39, 0.29) is 11.7 Å². The molecular formula is C18H21ClN4O5. The van der Waals surface area contributed by atoms with Gasteiger partial charge >= 0.3 is 5.69 Å². The molecule has 3 rings (SSSR count). The number of methoxy groups -OCH3 is 1. The van der Waals surface area contributed by atoms with Crippen LogP contribution in [0.5, 0.6) is 17.5 Å². The molecular weight excluding hydrogens is 388 g/mol. The van der Waals surface area contributed by atoms with Crippen LogP contribution in [0.1, 0.15) is 6.42 Å². The second kappa shape index (κ2) is 7.97. The average Bonchev–Trinajstić information content (AvgIpc) is 3.02. The first-order valence-corrected chi connectivity index (χ1v) is 8.94. The SMILES string of the molecule is COc1ccc(OCCCOc2nc3c(c(=O)n(C)c(=O)n3C)n2C)c(Cl)c1. The molecule has 0 bridgehead atoms. The number of aryl methyl sites for hydroxylation is 2. The Morgan fingerprint density at radius 3 is 2.43 bits per heavy atom. The number of benzene rings is 1. The number of ether oxygens (including phenoxy) is 3. The van der Waals surface area contributed by atoms with E-state index in [0.717, 1.165) is 4.57 Å². The first kappa shape index (κ1) is 19.8. The number of fused-ring (bicyclic) bond motifs is 1. The second-order valence-electron chi connectivity index (χ2n) is 6.18. The van der Waals surface area contributed by atoms with Crippen LogP contribution in [0.15, 0.2) is 27.8 Å². The number of nitrogens with zero attached hydrogens (tertiary/aromatic N) is 4. The van der Waals surface area contributed by atoms with Crippen LogP contribution in [0, 0.1) is 0 Å². The molecule has 2 aromatic heterocycles. The smallest absolute Gasteiger partial charge is 0.332 e. The molecule has 0 atom stereocenters. The summed E-state index contributed by atoms with van der Waals surface area (Å²) >= 11 is 6.13. The number of rotatable bonds is 7. The van der Waals surface area contributed by atoms with Gasteiger partial charge in [-0.3, -0.25) is 18.5 Å². The molecule has 10 heteroatoms. The van der Waals surface area contributed by atoms with Gasteiger partial charge in [-0.1, -0.05) is 11.6 Å². The molecule has 0 saturated carbocycles. The lowest BCUT2D eigenvalue weighted by molar-refractivity contribution is 0.232. The number of halogens is 1. The van der Waals surface area contributed by atoms with Crippen molar-refractivity contribution >= 4 is 22.8 Å². The average molecular weight is 409 g/mol. The van der Waals surface area contributed by atoms with Crippen molar-refractivity contribution in [1.29, 1.82) is 0 Å². The van der Waals surface area contributed by atoms with E-state index in [4.69, 9.17) is 25.8 Å². The minimum absolute atomic E-state index is 0.260. The van der Waals surface area contributed by atoms with Crippen LogP contribution in [0.25, 0.3) is 11.2 Å². The van der Waals surface area contributed by atoms with Crippen molar-refractivity contribution in [3.8, 4) is 17.5 Å². The number of aromatic nitrogens is 4. The maximum atomic E-state index is 12.3. The second-order valence-corrected chi connectivity index (χ2v) is 6.59. The summed E-state index contributed by atoms with van der Waals surface area (Å²) in [5.74, 6) is 1.21. The topological polar surface area (TPSA) is 89.5 Å². The Morgan fingerprint density at radius 1 is 1.04 bits per heavy atom. The minimum Gasteiger partial charge on any atom is -0.497 e. The van der Waals surface area contributed by atoms with E-state index >= 15 is 0 Å². The Kier molecular flexibility index (Phi) is 5.64. The lowest BCUT2D eigenvalue weighted by Crippen LogP contribution is -2.37. The zero-order chi connectivity index (χ0) is 20.4. The van der Waals surface area contributed by atoms with Gasteiger partial charge in [-0.2, -0.15) is 4.98 Å². The van der Waals surface area contributed by atoms with Crippen molar-refractivity contribution in [3.05, 3.63) is 44.1 Å². The monoisotopic (exact) mass is 408 g/mol. The Hall–Kier alpha value is -2.94. The largest absolute Gasteiger partial charge is 0.497 e. The van der Waals surface area contributed by atoms with E-state index in [1.165, 1.54) is 16.2 Å². The molecule has 0 aliphatic carbocycles. The maximum Gasteiger partial charge on any atom is 0.332 e. The fraction of sp³-hybridized carbons (Fsp3) is 0.389. The van der Waals surface area contributed by atoms with Gasteiger partial charge in [0, 0.05) is 33.6 Å².